The summed E-state index contributed by atoms with van der Waals surface area (Å²) >= 11 is 0. The Labute approximate surface area is 154 Å². The minimum atomic E-state index is -1.00. The van der Waals surface area contributed by atoms with Gasteiger partial charge in [-0.25, -0.2) is 4.39 Å². The zero-order valence-corrected chi connectivity index (χ0v) is 16.3. The maximum atomic E-state index is 14.6. The summed E-state index contributed by atoms with van der Waals surface area (Å²) in [6.07, 6.45) is 21.1. The van der Waals surface area contributed by atoms with Crippen molar-refractivity contribution < 1.29 is 9.13 Å². The largest absolute Gasteiger partial charge is 0.370 e. The van der Waals surface area contributed by atoms with Gasteiger partial charge in [0.1, 0.15) is 5.60 Å². The van der Waals surface area contributed by atoms with Crippen LogP contribution < -0.4 is 0 Å². The smallest absolute Gasteiger partial charge is 0.151 e. The maximum absolute atomic E-state index is 14.6. The third kappa shape index (κ3) is 4.21. The van der Waals surface area contributed by atoms with E-state index in [0.29, 0.717) is 5.92 Å². The zero-order chi connectivity index (χ0) is 17.7. The van der Waals surface area contributed by atoms with E-state index in [9.17, 15) is 4.39 Å². The molecule has 25 heavy (non-hydrogen) atoms. The number of ether oxygens (including phenoxy) is 1. The van der Waals surface area contributed by atoms with Crippen LogP contribution in [0.4, 0.5) is 4.39 Å². The molecule has 0 aromatic heterocycles. The van der Waals surface area contributed by atoms with E-state index < -0.39 is 11.8 Å². The predicted molar refractivity (Wildman–Crippen MR) is 103 cm³/mol. The van der Waals surface area contributed by atoms with Crippen LogP contribution >= 0.6 is 0 Å². The van der Waals surface area contributed by atoms with Crippen molar-refractivity contribution >= 4 is 0 Å². The van der Waals surface area contributed by atoms with Crippen molar-refractivity contribution in [1.82, 2.24) is 0 Å². The molecule has 2 heteroatoms. The van der Waals surface area contributed by atoms with Gasteiger partial charge in [0.15, 0.2) is 6.17 Å². The molecule has 3 aliphatic carbocycles. The van der Waals surface area contributed by atoms with Crippen LogP contribution in [0.3, 0.4) is 0 Å². The molecule has 0 bridgehead atoms. The van der Waals surface area contributed by atoms with Crippen LogP contribution in [0.5, 0.6) is 0 Å². The highest BCUT2D eigenvalue weighted by Gasteiger charge is 2.46. The second-order valence-corrected chi connectivity index (χ2v) is 8.74. The van der Waals surface area contributed by atoms with E-state index >= 15 is 0 Å². The molecular formula is C23H37FO. The molecule has 142 valence electrons. The Bertz CT molecular complexity index is 455. The van der Waals surface area contributed by atoms with Crippen molar-refractivity contribution in [2.45, 2.75) is 89.3 Å². The monoisotopic (exact) mass is 348 g/mol. The number of alkyl halides is 1. The van der Waals surface area contributed by atoms with Gasteiger partial charge in [-0.3, -0.25) is 0 Å². The van der Waals surface area contributed by atoms with Gasteiger partial charge in [0, 0.05) is 7.11 Å². The van der Waals surface area contributed by atoms with Crippen LogP contribution in [0, 0.1) is 23.7 Å². The third-order valence-corrected chi connectivity index (χ3v) is 7.47. The molecule has 3 rings (SSSR count). The Morgan fingerprint density at radius 1 is 0.960 bits per heavy atom. The summed E-state index contributed by atoms with van der Waals surface area (Å²) in [5.74, 6) is 3.13. The van der Waals surface area contributed by atoms with Gasteiger partial charge in [0.25, 0.3) is 0 Å². The molecule has 3 aliphatic rings. The van der Waals surface area contributed by atoms with Gasteiger partial charge >= 0.3 is 0 Å². The lowest BCUT2D eigenvalue weighted by atomic mass is 9.65. The van der Waals surface area contributed by atoms with Crippen molar-refractivity contribution in [3.05, 3.63) is 24.3 Å². The fraction of sp³-hybridized carbons (Fsp3) is 0.826. The van der Waals surface area contributed by atoms with Crippen molar-refractivity contribution in [2.24, 2.45) is 23.7 Å². The number of rotatable bonds is 6. The summed E-state index contributed by atoms with van der Waals surface area (Å²) in [6, 6.07) is 0. The first-order valence-corrected chi connectivity index (χ1v) is 10.7. The Hall–Kier alpha value is -0.630. The lowest BCUT2D eigenvalue weighted by Crippen LogP contribution is -2.48. The lowest BCUT2D eigenvalue weighted by molar-refractivity contribution is -0.0770. The summed E-state index contributed by atoms with van der Waals surface area (Å²) in [7, 11) is 1.68. The average Bonchev–Trinajstić information content (AvgIpc) is 2.67. The number of methoxy groups -OCH3 is 1. The van der Waals surface area contributed by atoms with E-state index in [1.54, 1.807) is 13.2 Å². The molecule has 0 saturated heterocycles. The Morgan fingerprint density at radius 2 is 1.60 bits per heavy atom. The molecule has 0 amide bonds. The van der Waals surface area contributed by atoms with Gasteiger partial charge in [-0.05, 0) is 74.3 Å². The first kappa shape index (κ1) is 19.1. The van der Waals surface area contributed by atoms with E-state index in [2.05, 4.69) is 6.92 Å². The molecule has 0 spiro atoms. The van der Waals surface area contributed by atoms with Crippen molar-refractivity contribution in [1.29, 1.82) is 0 Å². The number of unbranched alkanes of at least 4 members (excludes halogenated alkanes) is 1. The van der Waals surface area contributed by atoms with Gasteiger partial charge in [-0.1, -0.05) is 51.2 Å². The quantitative estimate of drug-likeness (QED) is 0.523. The van der Waals surface area contributed by atoms with Crippen LogP contribution in [0.15, 0.2) is 24.3 Å². The van der Waals surface area contributed by atoms with Crippen LogP contribution in [0.2, 0.25) is 0 Å². The van der Waals surface area contributed by atoms with Gasteiger partial charge in [-0.2, -0.15) is 0 Å². The molecule has 0 aliphatic heterocycles. The van der Waals surface area contributed by atoms with Crippen molar-refractivity contribution in [2.75, 3.05) is 7.11 Å². The molecule has 2 fully saturated rings. The highest BCUT2D eigenvalue weighted by atomic mass is 19.1. The fourth-order valence-corrected chi connectivity index (χ4v) is 5.80. The molecule has 2 unspecified atom stereocenters. The van der Waals surface area contributed by atoms with E-state index in [0.717, 1.165) is 30.6 Å². The summed E-state index contributed by atoms with van der Waals surface area (Å²) in [5.41, 5.74) is -0.711. The number of hydrogen-bond acceptors (Lipinski definition) is 1. The van der Waals surface area contributed by atoms with Crippen molar-refractivity contribution in [3.63, 3.8) is 0 Å². The molecule has 0 N–H and O–H groups in total. The minimum absolute atomic E-state index is 0.325. The number of allylic oxidation sites excluding steroid dienone is 2. The summed E-state index contributed by atoms with van der Waals surface area (Å²) < 4.78 is 20.4. The van der Waals surface area contributed by atoms with Crippen LogP contribution in [0.1, 0.15) is 77.6 Å². The highest BCUT2D eigenvalue weighted by Crippen LogP contribution is 2.47. The zero-order valence-electron chi connectivity index (χ0n) is 16.3. The van der Waals surface area contributed by atoms with Crippen LogP contribution in [-0.2, 0) is 4.74 Å². The van der Waals surface area contributed by atoms with Crippen molar-refractivity contribution in [3.8, 4) is 0 Å². The minimum Gasteiger partial charge on any atom is -0.370 e. The molecule has 2 atom stereocenters. The second kappa shape index (κ2) is 8.84. The van der Waals surface area contributed by atoms with E-state index in [1.807, 2.05) is 18.2 Å². The highest BCUT2D eigenvalue weighted by molar-refractivity contribution is 5.25. The molecule has 0 heterocycles. The molecule has 2 saturated carbocycles. The number of hydrogen-bond donors (Lipinski definition) is 0. The maximum Gasteiger partial charge on any atom is 0.151 e. The predicted octanol–water partition coefficient (Wildman–Crippen LogP) is 6.64. The molecule has 0 aromatic rings. The van der Waals surface area contributed by atoms with E-state index in [1.165, 1.54) is 57.8 Å². The summed E-state index contributed by atoms with van der Waals surface area (Å²) in [4.78, 5) is 0. The van der Waals surface area contributed by atoms with Gasteiger partial charge in [0.05, 0.1) is 0 Å². The first-order chi connectivity index (χ1) is 12.2. The Morgan fingerprint density at radius 3 is 2.16 bits per heavy atom. The summed E-state index contributed by atoms with van der Waals surface area (Å²) in [6.45, 7) is 2.30. The topological polar surface area (TPSA) is 9.23 Å². The first-order valence-electron chi connectivity index (χ1n) is 10.7. The van der Waals surface area contributed by atoms with E-state index in [-0.39, 0.29) is 0 Å². The molecule has 0 aromatic carbocycles. The Kier molecular flexibility index (Phi) is 6.77. The summed E-state index contributed by atoms with van der Waals surface area (Å²) in [5, 5.41) is 0. The van der Waals surface area contributed by atoms with Gasteiger partial charge in [0.2, 0.25) is 0 Å². The molecular weight excluding hydrogens is 311 g/mol. The average molecular weight is 349 g/mol. The number of halogens is 1. The SMILES string of the molecule is CCCCC1CCC(C2CCC(C3(OC)C=CC=CC3F)CC2)CC1. The lowest BCUT2D eigenvalue weighted by Gasteiger charge is -2.45. The van der Waals surface area contributed by atoms with Gasteiger partial charge in [-0.15, -0.1) is 0 Å². The third-order valence-electron chi connectivity index (χ3n) is 7.47. The van der Waals surface area contributed by atoms with E-state index in [4.69, 9.17) is 4.74 Å². The van der Waals surface area contributed by atoms with Crippen LogP contribution in [0.25, 0.3) is 0 Å². The molecule has 0 radical (unpaired) electrons. The Balaban J connectivity index is 1.49. The van der Waals surface area contributed by atoms with Crippen LogP contribution in [-0.4, -0.2) is 18.9 Å². The molecule has 1 nitrogen and oxygen atoms in total. The van der Waals surface area contributed by atoms with Gasteiger partial charge < -0.3 is 4.74 Å². The fourth-order valence-electron chi connectivity index (χ4n) is 5.80. The normalized spacial score (nSPS) is 41.8. The standard InChI is InChI=1S/C23H37FO/c1-3-4-7-18-9-11-19(12-10-18)20-13-15-21(16-14-20)23(25-2)17-6-5-8-22(23)24/h5-6,8,17-22H,3-4,7,9-16H2,1-2H3. The second-order valence-electron chi connectivity index (χ2n) is 8.74.